The number of hydrogen-bond donors (Lipinski definition) is 1. The lowest BCUT2D eigenvalue weighted by atomic mass is 10.1. The smallest absolute Gasteiger partial charge is 0.269 e. The lowest BCUT2D eigenvalue weighted by Crippen LogP contribution is -2.18. The first kappa shape index (κ1) is 20.7. The zero-order valence-electron chi connectivity index (χ0n) is 16.7. The molecule has 0 aliphatic heterocycles. The van der Waals surface area contributed by atoms with E-state index in [0.29, 0.717) is 37.0 Å². The molecule has 0 aliphatic carbocycles. The van der Waals surface area contributed by atoms with Gasteiger partial charge in [0, 0.05) is 24.4 Å². The van der Waals surface area contributed by atoms with Gasteiger partial charge >= 0.3 is 0 Å². The first-order valence-corrected chi connectivity index (χ1v) is 10.5. The van der Waals surface area contributed by atoms with Crippen LogP contribution in [-0.2, 0) is 0 Å². The van der Waals surface area contributed by atoms with Crippen molar-refractivity contribution in [3.8, 4) is 22.8 Å². The van der Waals surface area contributed by atoms with Crippen molar-refractivity contribution in [2.45, 2.75) is 6.42 Å². The van der Waals surface area contributed by atoms with Gasteiger partial charge in [0.2, 0.25) is 5.88 Å². The molecule has 0 saturated carbocycles. The summed E-state index contributed by atoms with van der Waals surface area (Å²) in [6, 6.07) is 9.62. The zero-order chi connectivity index (χ0) is 21.6. The molecule has 9 heteroatoms. The molecule has 0 spiro atoms. The highest BCUT2D eigenvalue weighted by Gasteiger charge is 2.14. The SMILES string of the molecule is CNC(=O)c1ccc(OCCCOc2ncnc3scc(-c4ccc(F)cc4)c23)cn1. The fourth-order valence-corrected chi connectivity index (χ4v) is 3.85. The number of fused-ring (bicyclic) bond motifs is 1. The Morgan fingerprint density at radius 2 is 1.87 bits per heavy atom. The number of aromatic nitrogens is 3. The minimum absolute atomic E-state index is 0.246. The third-order valence-electron chi connectivity index (χ3n) is 4.48. The van der Waals surface area contributed by atoms with Gasteiger partial charge in [-0.1, -0.05) is 12.1 Å². The highest BCUT2D eigenvalue weighted by Crippen LogP contribution is 2.37. The minimum atomic E-state index is -0.283. The Bertz CT molecular complexity index is 1180. The van der Waals surface area contributed by atoms with Crippen LogP contribution in [0.3, 0.4) is 0 Å². The van der Waals surface area contributed by atoms with E-state index in [1.807, 2.05) is 5.38 Å². The average Bonchev–Trinajstić information content (AvgIpc) is 3.24. The number of pyridine rings is 1. The molecule has 1 N–H and O–H groups in total. The van der Waals surface area contributed by atoms with E-state index in [1.165, 1.54) is 36.0 Å². The number of thiophene rings is 1. The van der Waals surface area contributed by atoms with Gasteiger partial charge in [0.15, 0.2) is 0 Å². The first-order valence-electron chi connectivity index (χ1n) is 9.57. The largest absolute Gasteiger partial charge is 0.492 e. The molecule has 0 radical (unpaired) electrons. The molecule has 0 aliphatic rings. The van der Waals surface area contributed by atoms with Gasteiger partial charge in [-0.15, -0.1) is 11.3 Å². The fraction of sp³-hybridized carbons (Fsp3) is 0.182. The quantitative estimate of drug-likeness (QED) is 0.417. The molecule has 3 heterocycles. The van der Waals surface area contributed by atoms with E-state index in [0.717, 1.165) is 21.3 Å². The zero-order valence-corrected chi connectivity index (χ0v) is 17.5. The molecule has 158 valence electrons. The minimum Gasteiger partial charge on any atom is -0.492 e. The van der Waals surface area contributed by atoms with Crippen LogP contribution in [0.15, 0.2) is 54.3 Å². The van der Waals surface area contributed by atoms with Crippen molar-refractivity contribution < 1.29 is 18.7 Å². The molecular formula is C22H19FN4O3S. The highest BCUT2D eigenvalue weighted by atomic mass is 32.1. The van der Waals surface area contributed by atoms with Gasteiger partial charge in [0.1, 0.15) is 28.4 Å². The van der Waals surface area contributed by atoms with E-state index in [1.54, 1.807) is 31.3 Å². The summed E-state index contributed by atoms with van der Waals surface area (Å²) in [6.07, 6.45) is 3.61. The summed E-state index contributed by atoms with van der Waals surface area (Å²) in [5.41, 5.74) is 2.12. The second-order valence-corrected chi connectivity index (χ2v) is 7.38. The Balaban J connectivity index is 1.37. The Hall–Kier alpha value is -3.59. The summed E-state index contributed by atoms with van der Waals surface area (Å²) in [5, 5.41) is 5.30. The molecule has 3 aromatic heterocycles. The topological polar surface area (TPSA) is 86.2 Å². The second kappa shape index (κ2) is 9.48. The summed E-state index contributed by atoms with van der Waals surface area (Å²) < 4.78 is 24.8. The summed E-state index contributed by atoms with van der Waals surface area (Å²) in [6.45, 7) is 0.818. The van der Waals surface area contributed by atoms with E-state index in [4.69, 9.17) is 9.47 Å². The maximum absolute atomic E-state index is 13.3. The van der Waals surface area contributed by atoms with Gasteiger partial charge in [0.25, 0.3) is 5.91 Å². The first-order chi connectivity index (χ1) is 15.2. The molecule has 1 amide bonds. The maximum Gasteiger partial charge on any atom is 0.269 e. The highest BCUT2D eigenvalue weighted by molar-refractivity contribution is 7.17. The number of nitrogens with zero attached hydrogens (tertiary/aromatic N) is 3. The maximum atomic E-state index is 13.3. The number of amides is 1. The molecule has 7 nitrogen and oxygen atoms in total. The molecule has 0 saturated heterocycles. The Labute approximate surface area is 181 Å². The van der Waals surface area contributed by atoms with Crippen molar-refractivity contribution in [2.24, 2.45) is 0 Å². The molecule has 1 aromatic carbocycles. The van der Waals surface area contributed by atoms with Gasteiger partial charge in [-0.3, -0.25) is 4.79 Å². The van der Waals surface area contributed by atoms with Crippen molar-refractivity contribution in [1.29, 1.82) is 0 Å². The monoisotopic (exact) mass is 438 g/mol. The van der Waals surface area contributed by atoms with Crippen LogP contribution < -0.4 is 14.8 Å². The Kier molecular flexibility index (Phi) is 6.32. The number of nitrogens with one attached hydrogen (secondary N) is 1. The van der Waals surface area contributed by atoms with Gasteiger partial charge in [-0.2, -0.15) is 0 Å². The number of carbonyl (C=O) groups is 1. The third kappa shape index (κ3) is 4.77. The number of carbonyl (C=O) groups excluding carboxylic acids is 1. The second-order valence-electron chi connectivity index (χ2n) is 6.52. The fourth-order valence-electron chi connectivity index (χ4n) is 2.94. The number of halogens is 1. The van der Waals surface area contributed by atoms with Crippen molar-refractivity contribution in [2.75, 3.05) is 20.3 Å². The van der Waals surface area contributed by atoms with E-state index in [-0.39, 0.29) is 11.7 Å². The standard InChI is InChI=1S/C22H19FN4O3S/c1-24-20(28)18-8-7-16(11-25-18)29-9-2-10-30-21-19-17(12-31-22(19)27-13-26-21)14-3-5-15(23)6-4-14/h3-8,11-13H,2,9-10H2,1H3,(H,24,28). The third-order valence-corrected chi connectivity index (χ3v) is 5.37. The normalized spacial score (nSPS) is 10.8. The van der Waals surface area contributed by atoms with Crippen LogP contribution in [0.25, 0.3) is 21.3 Å². The number of rotatable bonds is 8. The van der Waals surface area contributed by atoms with Crippen LogP contribution in [0.5, 0.6) is 11.6 Å². The number of ether oxygens (including phenoxy) is 2. The van der Waals surface area contributed by atoms with Gasteiger partial charge in [-0.25, -0.2) is 19.3 Å². The lowest BCUT2D eigenvalue weighted by molar-refractivity contribution is 0.0958. The van der Waals surface area contributed by atoms with E-state index >= 15 is 0 Å². The van der Waals surface area contributed by atoms with E-state index in [9.17, 15) is 9.18 Å². The van der Waals surface area contributed by atoms with Gasteiger partial charge in [-0.05, 0) is 29.8 Å². The molecule has 4 aromatic rings. The van der Waals surface area contributed by atoms with Crippen molar-refractivity contribution in [1.82, 2.24) is 20.3 Å². The Morgan fingerprint density at radius 1 is 1.06 bits per heavy atom. The molecule has 31 heavy (non-hydrogen) atoms. The van der Waals surface area contributed by atoms with E-state index in [2.05, 4.69) is 20.3 Å². The lowest BCUT2D eigenvalue weighted by Gasteiger charge is -2.09. The molecule has 0 atom stereocenters. The van der Waals surface area contributed by atoms with Crippen LogP contribution in [-0.4, -0.2) is 41.1 Å². The van der Waals surface area contributed by atoms with Crippen LogP contribution >= 0.6 is 11.3 Å². The van der Waals surface area contributed by atoms with E-state index < -0.39 is 0 Å². The van der Waals surface area contributed by atoms with Crippen LogP contribution in [0.4, 0.5) is 4.39 Å². The Morgan fingerprint density at radius 3 is 2.61 bits per heavy atom. The summed E-state index contributed by atoms with van der Waals surface area (Å²) >= 11 is 1.49. The number of hydrogen-bond acceptors (Lipinski definition) is 7. The molecule has 4 rings (SSSR count). The van der Waals surface area contributed by atoms with Crippen LogP contribution in [0.1, 0.15) is 16.9 Å². The summed E-state index contributed by atoms with van der Waals surface area (Å²) in [7, 11) is 1.55. The number of benzene rings is 1. The van der Waals surface area contributed by atoms with Crippen molar-refractivity contribution >= 4 is 27.5 Å². The summed E-state index contributed by atoms with van der Waals surface area (Å²) in [5.74, 6) is 0.537. The van der Waals surface area contributed by atoms with Crippen molar-refractivity contribution in [3.63, 3.8) is 0 Å². The molecule has 0 fully saturated rings. The van der Waals surface area contributed by atoms with Gasteiger partial charge < -0.3 is 14.8 Å². The van der Waals surface area contributed by atoms with Crippen LogP contribution in [0, 0.1) is 5.82 Å². The van der Waals surface area contributed by atoms with Crippen molar-refractivity contribution in [3.05, 3.63) is 65.8 Å². The molecule has 0 bridgehead atoms. The summed E-state index contributed by atoms with van der Waals surface area (Å²) in [4.78, 5) is 25.0. The van der Waals surface area contributed by atoms with Gasteiger partial charge in [0.05, 0.1) is 24.8 Å². The van der Waals surface area contributed by atoms with Crippen LogP contribution in [0.2, 0.25) is 0 Å². The molecule has 0 unspecified atom stereocenters. The molecular weight excluding hydrogens is 419 g/mol. The predicted octanol–water partition coefficient (Wildman–Crippen LogP) is 4.10. The average molecular weight is 438 g/mol. The predicted molar refractivity (Wildman–Crippen MR) is 116 cm³/mol.